The van der Waals surface area contributed by atoms with Crippen molar-refractivity contribution in [1.29, 1.82) is 0 Å². The fraction of sp³-hybridized carbons (Fsp3) is 0.444. The van der Waals surface area contributed by atoms with E-state index in [1.165, 1.54) is 6.92 Å². The summed E-state index contributed by atoms with van der Waals surface area (Å²) in [5.74, 6) is -0.0938. The Labute approximate surface area is 147 Å². The molecule has 1 N–H and O–H groups in total. The van der Waals surface area contributed by atoms with Gasteiger partial charge >= 0.3 is 6.09 Å². The molecule has 0 aliphatic heterocycles. The Morgan fingerprint density at radius 2 is 1.96 bits per heavy atom. The number of aromatic nitrogens is 3. The first-order valence-electron chi connectivity index (χ1n) is 8.15. The van der Waals surface area contributed by atoms with E-state index in [4.69, 9.17) is 4.74 Å². The molecule has 0 aromatic carbocycles. The fourth-order valence-corrected chi connectivity index (χ4v) is 2.26. The summed E-state index contributed by atoms with van der Waals surface area (Å²) in [5.41, 5.74) is 2.14. The molecule has 2 aromatic rings. The van der Waals surface area contributed by atoms with Crippen LogP contribution in [0.3, 0.4) is 0 Å². The summed E-state index contributed by atoms with van der Waals surface area (Å²) < 4.78 is 6.77. The number of rotatable bonds is 5. The average molecular weight is 344 g/mol. The molecule has 0 atom stereocenters. The lowest BCUT2D eigenvalue weighted by Crippen LogP contribution is -2.34. The number of amides is 1. The van der Waals surface area contributed by atoms with Crippen molar-refractivity contribution in [2.75, 3.05) is 6.54 Å². The van der Waals surface area contributed by atoms with Crippen LogP contribution in [-0.4, -0.2) is 38.8 Å². The van der Waals surface area contributed by atoms with Crippen LogP contribution in [-0.2, 0) is 11.3 Å². The van der Waals surface area contributed by atoms with Crippen LogP contribution in [0, 0.1) is 6.92 Å². The molecule has 2 rings (SSSR count). The lowest BCUT2D eigenvalue weighted by atomic mass is 10.2. The maximum Gasteiger partial charge on any atom is 0.407 e. The number of alkyl carbamates (subject to hydrolysis) is 1. The largest absolute Gasteiger partial charge is 0.444 e. The van der Waals surface area contributed by atoms with Gasteiger partial charge in [0.15, 0.2) is 5.78 Å². The van der Waals surface area contributed by atoms with Crippen LogP contribution in [0.5, 0.6) is 0 Å². The summed E-state index contributed by atoms with van der Waals surface area (Å²) in [5, 5.41) is 7.12. The van der Waals surface area contributed by atoms with E-state index in [1.54, 1.807) is 31.5 Å². The van der Waals surface area contributed by atoms with Gasteiger partial charge < -0.3 is 10.1 Å². The Balaban J connectivity index is 2.10. The molecule has 0 spiro atoms. The molecule has 0 saturated heterocycles. The number of carbonyl (C=O) groups is 2. The van der Waals surface area contributed by atoms with E-state index in [1.807, 2.05) is 25.1 Å². The number of ketones is 1. The summed E-state index contributed by atoms with van der Waals surface area (Å²) in [6.45, 7) is 9.45. The molecule has 0 radical (unpaired) electrons. The van der Waals surface area contributed by atoms with Crippen LogP contribution in [0.1, 0.15) is 43.9 Å². The molecule has 1 amide bonds. The zero-order valence-electron chi connectivity index (χ0n) is 15.3. The molecular formula is C18H24N4O3. The lowest BCUT2D eigenvalue weighted by molar-refractivity contribution is 0.0525. The third-order valence-electron chi connectivity index (χ3n) is 3.28. The van der Waals surface area contributed by atoms with E-state index in [-0.39, 0.29) is 5.78 Å². The molecule has 0 unspecified atom stereocenters. The van der Waals surface area contributed by atoms with Crippen molar-refractivity contribution < 1.29 is 14.3 Å². The first kappa shape index (κ1) is 18.6. The molecule has 0 aliphatic rings. The average Bonchev–Trinajstić information content (AvgIpc) is 2.90. The number of hydrogen-bond donors (Lipinski definition) is 1. The molecule has 134 valence electrons. The molecular weight excluding hydrogens is 320 g/mol. The van der Waals surface area contributed by atoms with Crippen molar-refractivity contribution >= 4 is 11.9 Å². The number of carbonyl (C=O) groups excluding carboxylic acids is 2. The minimum Gasteiger partial charge on any atom is -0.444 e. The second-order valence-corrected chi connectivity index (χ2v) is 6.79. The van der Waals surface area contributed by atoms with Crippen molar-refractivity contribution in [3.05, 3.63) is 35.7 Å². The first-order valence-corrected chi connectivity index (χ1v) is 8.15. The van der Waals surface area contributed by atoms with Crippen molar-refractivity contribution in [2.45, 2.75) is 46.8 Å². The molecule has 0 bridgehead atoms. The second-order valence-electron chi connectivity index (χ2n) is 6.79. The van der Waals surface area contributed by atoms with E-state index in [9.17, 15) is 9.59 Å². The summed E-state index contributed by atoms with van der Waals surface area (Å²) >= 11 is 0. The van der Waals surface area contributed by atoms with E-state index in [0.717, 1.165) is 5.69 Å². The number of hydrogen-bond acceptors (Lipinski definition) is 5. The Morgan fingerprint density at radius 3 is 2.56 bits per heavy atom. The van der Waals surface area contributed by atoms with Crippen LogP contribution in [0.2, 0.25) is 0 Å². The summed E-state index contributed by atoms with van der Waals surface area (Å²) in [6.07, 6.45) is -0.496. The highest BCUT2D eigenvalue weighted by Gasteiger charge is 2.17. The van der Waals surface area contributed by atoms with Gasteiger partial charge in [-0.05, 0) is 45.9 Å². The maximum atomic E-state index is 11.9. The van der Waals surface area contributed by atoms with Gasteiger partial charge in [-0.1, -0.05) is 6.07 Å². The van der Waals surface area contributed by atoms with Crippen molar-refractivity contribution in [3.8, 4) is 11.4 Å². The Morgan fingerprint density at radius 1 is 1.24 bits per heavy atom. The normalized spacial score (nSPS) is 11.2. The first-order chi connectivity index (χ1) is 11.7. The van der Waals surface area contributed by atoms with Gasteiger partial charge in [-0.15, -0.1) is 0 Å². The molecule has 0 saturated carbocycles. The zero-order chi connectivity index (χ0) is 18.6. The van der Waals surface area contributed by atoms with Crippen molar-refractivity contribution in [2.24, 2.45) is 0 Å². The van der Waals surface area contributed by atoms with E-state index < -0.39 is 11.7 Å². The molecule has 2 heterocycles. The number of nitrogens with zero attached hydrogens (tertiary/aromatic N) is 3. The number of pyridine rings is 1. The second kappa shape index (κ2) is 7.46. The van der Waals surface area contributed by atoms with Gasteiger partial charge in [-0.25, -0.2) is 4.79 Å². The third-order valence-corrected chi connectivity index (χ3v) is 3.28. The van der Waals surface area contributed by atoms with Crippen LogP contribution >= 0.6 is 0 Å². The molecule has 2 aromatic heterocycles. The predicted octanol–water partition coefficient (Wildman–Crippen LogP) is 2.98. The van der Waals surface area contributed by atoms with Gasteiger partial charge in [0.05, 0.1) is 12.2 Å². The number of aryl methyl sites for hydroxylation is 1. The van der Waals surface area contributed by atoms with Crippen LogP contribution in [0.4, 0.5) is 4.79 Å². The number of ether oxygens (including phenoxy) is 1. The zero-order valence-corrected chi connectivity index (χ0v) is 15.3. The third kappa shape index (κ3) is 5.41. The Kier molecular flexibility index (Phi) is 5.56. The van der Waals surface area contributed by atoms with Gasteiger partial charge in [-0.2, -0.15) is 5.10 Å². The van der Waals surface area contributed by atoms with Crippen molar-refractivity contribution in [3.63, 3.8) is 0 Å². The van der Waals surface area contributed by atoms with Crippen molar-refractivity contribution in [1.82, 2.24) is 20.1 Å². The van der Waals surface area contributed by atoms with Crippen LogP contribution in [0.15, 0.2) is 24.3 Å². The molecule has 25 heavy (non-hydrogen) atoms. The highest BCUT2D eigenvalue weighted by atomic mass is 16.6. The predicted molar refractivity (Wildman–Crippen MR) is 94.4 cm³/mol. The van der Waals surface area contributed by atoms with Gasteiger partial charge in [0.1, 0.15) is 17.0 Å². The lowest BCUT2D eigenvalue weighted by Gasteiger charge is -2.19. The van der Waals surface area contributed by atoms with Gasteiger partial charge in [-0.3, -0.25) is 14.5 Å². The summed E-state index contributed by atoms with van der Waals surface area (Å²) in [6, 6.07) is 7.37. The highest BCUT2D eigenvalue weighted by molar-refractivity contribution is 5.93. The minimum absolute atomic E-state index is 0.0938. The van der Waals surface area contributed by atoms with Crippen LogP contribution in [0.25, 0.3) is 11.4 Å². The summed E-state index contributed by atoms with van der Waals surface area (Å²) in [7, 11) is 0. The van der Waals surface area contributed by atoms with E-state index in [0.29, 0.717) is 30.2 Å². The SMILES string of the molecule is CC(=O)c1cc(-c2cccc(C)n2)nn1CCNC(=O)OC(C)(C)C. The number of nitrogens with one attached hydrogen (secondary N) is 1. The molecule has 0 fully saturated rings. The fourth-order valence-electron chi connectivity index (χ4n) is 2.26. The molecule has 7 nitrogen and oxygen atoms in total. The Bertz CT molecular complexity index is 775. The maximum absolute atomic E-state index is 11.9. The van der Waals surface area contributed by atoms with E-state index >= 15 is 0 Å². The van der Waals surface area contributed by atoms with Gasteiger partial charge in [0.25, 0.3) is 0 Å². The molecule has 0 aliphatic carbocycles. The Hall–Kier alpha value is -2.70. The topological polar surface area (TPSA) is 86.1 Å². The highest BCUT2D eigenvalue weighted by Crippen LogP contribution is 2.18. The van der Waals surface area contributed by atoms with E-state index in [2.05, 4.69) is 15.4 Å². The van der Waals surface area contributed by atoms with Crippen LogP contribution < -0.4 is 5.32 Å². The number of Topliss-reactive ketones (excluding diaryl/α,β-unsaturated/α-hetero) is 1. The summed E-state index contributed by atoms with van der Waals surface area (Å²) in [4.78, 5) is 28.0. The monoisotopic (exact) mass is 344 g/mol. The minimum atomic E-state index is -0.551. The van der Waals surface area contributed by atoms with Gasteiger partial charge in [0, 0.05) is 19.2 Å². The standard InChI is InChI=1S/C18H24N4O3/c1-12-7-6-8-14(20-12)15-11-16(13(2)23)22(21-15)10-9-19-17(24)25-18(3,4)5/h6-8,11H,9-10H2,1-5H3,(H,19,24). The van der Waals surface area contributed by atoms with Gasteiger partial charge in [0.2, 0.25) is 0 Å². The quantitative estimate of drug-likeness (QED) is 0.843. The molecule has 7 heteroatoms. The smallest absolute Gasteiger partial charge is 0.407 e.